The normalized spacial score (nSPS) is 33.4. The summed E-state index contributed by atoms with van der Waals surface area (Å²) in [6.45, 7) is 7.47. The van der Waals surface area contributed by atoms with Crippen LogP contribution in [0.25, 0.3) is 0 Å². The minimum atomic E-state index is -3.86. The van der Waals surface area contributed by atoms with E-state index < -0.39 is 21.7 Å². The maximum absolute atomic E-state index is 14.1. The van der Waals surface area contributed by atoms with E-state index in [1.54, 1.807) is 33.5 Å². The van der Waals surface area contributed by atoms with E-state index in [4.69, 9.17) is 21.1 Å². The Balaban J connectivity index is 1.44. The van der Waals surface area contributed by atoms with Crippen LogP contribution in [0.4, 0.5) is 4.79 Å². The van der Waals surface area contributed by atoms with Gasteiger partial charge in [0.05, 0.1) is 29.7 Å². The van der Waals surface area contributed by atoms with Crippen molar-refractivity contribution in [2.24, 2.45) is 5.92 Å². The number of nitrogens with one attached hydrogen (secondary N) is 1. The summed E-state index contributed by atoms with van der Waals surface area (Å²) in [5.74, 6) is 0.251. The molecule has 0 bridgehead atoms. The zero-order valence-electron chi connectivity index (χ0n) is 20.7. The molecule has 1 aromatic carbocycles. The molecule has 194 valence electrons. The molecule has 4 aliphatic rings. The van der Waals surface area contributed by atoms with E-state index in [1.807, 2.05) is 6.92 Å². The number of ether oxygens (including phenoxy) is 2. The number of rotatable bonds is 6. The fourth-order valence-corrected chi connectivity index (χ4v) is 7.84. The molecule has 5 atom stereocenters. The summed E-state index contributed by atoms with van der Waals surface area (Å²) in [5, 5.41) is 3.99. The fraction of sp³-hybridized carbons (Fsp3) is 0.720. The smallest absolute Gasteiger partial charge is 0.410 e. The van der Waals surface area contributed by atoms with Crippen LogP contribution in [0.5, 0.6) is 0 Å². The quantitative estimate of drug-likeness (QED) is 0.610. The summed E-state index contributed by atoms with van der Waals surface area (Å²) < 4.78 is 42.1. The van der Waals surface area contributed by atoms with Crippen molar-refractivity contribution < 1.29 is 22.7 Å². The van der Waals surface area contributed by atoms with Gasteiger partial charge in [0.1, 0.15) is 5.60 Å². The van der Waals surface area contributed by atoms with Crippen molar-refractivity contribution in [2.75, 3.05) is 19.7 Å². The Morgan fingerprint density at radius 3 is 2.49 bits per heavy atom. The second kappa shape index (κ2) is 9.49. The summed E-state index contributed by atoms with van der Waals surface area (Å²) in [4.78, 5) is 15.3. The minimum absolute atomic E-state index is 0.177. The Hall–Kier alpha value is -1.39. The third-order valence-electron chi connectivity index (χ3n) is 7.94. The van der Waals surface area contributed by atoms with Crippen molar-refractivity contribution in [1.82, 2.24) is 14.5 Å². The van der Waals surface area contributed by atoms with E-state index >= 15 is 0 Å². The molecular weight excluding hydrogens is 490 g/mol. The largest absolute Gasteiger partial charge is 0.441 e. The van der Waals surface area contributed by atoms with E-state index in [2.05, 4.69) is 19.2 Å². The predicted octanol–water partition coefficient (Wildman–Crippen LogP) is 3.64. The first-order chi connectivity index (χ1) is 16.6. The SMILES string of the molecule is CCC1CN(C(=O)OC2([C@H]3CO[C@H](C)[C@@H](C4CC4)N3S(=O)(=O)c3ccc(Cl)cc3)CC2)CC(C)N1. The first-order valence-corrected chi connectivity index (χ1v) is 14.6. The number of carbonyl (C=O) groups is 1. The number of hydrogen-bond acceptors (Lipinski definition) is 6. The lowest BCUT2D eigenvalue weighted by Crippen LogP contribution is -2.64. The molecule has 4 fully saturated rings. The highest BCUT2D eigenvalue weighted by Gasteiger charge is 2.63. The van der Waals surface area contributed by atoms with Gasteiger partial charge in [-0.05, 0) is 76.1 Å². The van der Waals surface area contributed by atoms with Gasteiger partial charge in [-0.25, -0.2) is 13.2 Å². The van der Waals surface area contributed by atoms with Crippen LogP contribution in [0.15, 0.2) is 29.2 Å². The molecule has 1 aromatic rings. The summed E-state index contributed by atoms with van der Waals surface area (Å²) in [6, 6.07) is 5.86. The van der Waals surface area contributed by atoms with Crippen LogP contribution in [0.1, 0.15) is 52.9 Å². The van der Waals surface area contributed by atoms with Crippen molar-refractivity contribution in [2.45, 2.75) is 93.6 Å². The molecule has 10 heteroatoms. The van der Waals surface area contributed by atoms with Crippen LogP contribution >= 0.6 is 11.6 Å². The molecule has 8 nitrogen and oxygen atoms in total. The number of nitrogens with zero attached hydrogens (tertiary/aromatic N) is 2. The molecular formula is C25H36ClN3O5S. The number of benzene rings is 1. The Labute approximate surface area is 213 Å². The Morgan fingerprint density at radius 2 is 1.89 bits per heavy atom. The third kappa shape index (κ3) is 4.94. The van der Waals surface area contributed by atoms with Gasteiger partial charge in [0.15, 0.2) is 0 Å². The zero-order valence-corrected chi connectivity index (χ0v) is 22.2. The second-order valence-corrected chi connectivity index (χ2v) is 13.0. The molecule has 2 saturated carbocycles. The van der Waals surface area contributed by atoms with Crippen LogP contribution < -0.4 is 5.32 Å². The predicted molar refractivity (Wildman–Crippen MR) is 133 cm³/mol. The lowest BCUT2D eigenvalue weighted by Gasteiger charge is -2.47. The fourth-order valence-electron chi connectivity index (χ4n) is 5.74. The summed E-state index contributed by atoms with van der Waals surface area (Å²) >= 11 is 6.04. The molecule has 5 rings (SSSR count). The van der Waals surface area contributed by atoms with Gasteiger partial charge in [0.2, 0.25) is 10.0 Å². The van der Waals surface area contributed by atoms with Crippen LogP contribution in [-0.4, -0.2) is 79.3 Å². The van der Waals surface area contributed by atoms with E-state index in [9.17, 15) is 13.2 Å². The van der Waals surface area contributed by atoms with E-state index in [-0.39, 0.29) is 47.7 Å². The van der Waals surface area contributed by atoms with Gasteiger partial charge >= 0.3 is 6.09 Å². The first kappa shape index (κ1) is 25.3. The van der Waals surface area contributed by atoms with Crippen LogP contribution in [-0.2, 0) is 19.5 Å². The lowest BCUT2D eigenvalue weighted by atomic mass is 9.99. The van der Waals surface area contributed by atoms with Crippen molar-refractivity contribution in [3.63, 3.8) is 0 Å². The number of hydrogen-bond donors (Lipinski definition) is 1. The number of morpholine rings is 1. The molecule has 2 unspecified atom stereocenters. The number of piperazine rings is 1. The maximum Gasteiger partial charge on any atom is 0.410 e. The van der Waals surface area contributed by atoms with Gasteiger partial charge in [-0.2, -0.15) is 4.31 Å². The highest BCUT2D eigenvalue weighted by atomic mass is 35.5. The molecule has 2 saturated heterocycles. The standard InChI is InChI=1S/C25H36ClN3O5S/c1-4-20-14-28(13-16(2)27-20)24(30)34-25(11-12-25)22-15-33-17(3)23(18-5-6-18)29(22)35(31,32)21-9-7-19(26)8-10-21/h7-10,16-18,20,22-23,27H,4-6,11-15H2,1-3H3/t16?,17-,20?,22-,23+/m1/s1. The van der Waals surface area contributed by atoms with E-state index in [0.29, 0.717) is 31.0 Å². The van der Waals surface area contributed by atoms with Gasteiger partial charge < -0.3 is 19.7 Å². The second-order valence-electron chi connectivity index (χ2n) is 10.7. The summed E-state index contributed by atoms with van der Waals surface area (Å²) in [5.41, 5.74) is -0.861. The van der Waals surface area contributed by atoms with E-state index in [0.717, 1.165) is 19.3 Å². The van der Waals surface area contributed by atoms with Crippen molar-refractivity contribution in [1.29, 1.82) is 0 Å². The average Bonchev–Trinajstić information content (AvgIpc) is 3.75. The average molecular weight is 526 g/mol. The Kier molecular flexibility index (Phi) is 6.85. The number of sulfonamides is 1. The number of amides is 1. The van der Waals surface area contributed by atoms with Gasteiger partial charge in [-0.15, -0.1) is 0 Å². The first-order valence-electron chi connectivity index (χ1n) is 12.8. The van der Waals surface area contributed by atoms with Crippen LogP contribution in [0.3, 0.4) is 0 Å². The molecule has 0 aromatic heterocycles. The van der Waals surface area contributed by atoms with Crippen molar-refractivity contribution in [3.8, 4) is 0 Å². The van der Waals surface area contributed by atoms with Crippen molar-refractivity contribution in [3.05, 3.63) is 29.3 Å². The monoisotopic (exact) mass is 525 g/mol. The lowest BCUT2D eigenvalue weighted by molar-refractivity contribution is -0.109. The molecule has 1 N–H and O–H groups in total. The third-order valence-corrected chi connectivity index (χ3v) is 10.1. The summed E-state index contributed by atoms with van der Waals surface area (Å²) in [6.07, 6.45) is 3.53. The summed E-state index contributed by atoms with van der Waals surface area (Å²) in [7, 11) is -3.86. The number of carbonyl (C=O) groups excluding carboxylic acids is 1. The van der Waals surface area contributed by atoms with Gasteiger partial charge in [0, 0.05) is 30.2 Å². The molecule has 0 radical (unpaired) electrons. The Morgan fingerprint density at radius 1 is 1.20 bits per heavy atom. The van der Waals surface area contributed by atoms with Crippen LogP contribution in [0.2, 0.25) is 5.02 Å². The molecule has 2 heterocycles. The topological polar surface area (TPSA) is 88.2 Å². The molecule has 0 spiro atoms. The molecule has 2 aliphatic heterocycles. The highest BCUT2D eigenvalue weighted by Crippen LogP contribution is 2.51. The van der Waals surface area contributed by atoms with Gasteiger partial charge in [-0.3, -0.25) is 0 Å². The molecule has 1 amide bonds. The van der Waals surface area contributed by atoms with Crippen LogP contribution in [0, 0.1) is 5.92 Å². The zero-order chi connectivity index (χ0) is 25.0. The highest BCUT2D eigenvalue weighted by molar-refractivity contribution is 7.89. The van der Waals surface area contributed by atoms with Crippen molar-refractivity contribution >= 4 is 27.7 Å². The number of halogens is 1. The maximum atomic E-state index is 14.1. The molecule has 35 heavy (non-hydrogen) atoms. The molecule has 2 aliphatic carbocycles. The minimum Gasteiger partial charge on any atom is -0.441 e. The Bertz CT molecular complexity index is 1040. The van der Waals surface area contributed by atoms with Gasteiger partial charge in [0.25, 0.3) is 0 Å². The van der Waals surface area contributed by atoms with E-state index in [1.165, 1.54) is 0 Å². The van der Waals surface area contributed by atoms with Gasteiger partial charge in [-0.1, -0.05) is 18.5 Å².